The van der Waals surface area contributed by atoms with Crippen molar-refractivity contribution in [2.75, 3.05) is 5.32 Å². The first-order chi connectivity index (χ1) is 11.4. The second-order valence-corrected chi connectivity index (χ2v) is 7.89. The van der Waals surface area contributed by atoms with Crippen molar-refractivity contribution in [3.8, 4) is 16.5 Å². The highest BCUT2D eigenvalue weighted by Crippen LogP contribution is 2.41. The Morgan fingerprint density at radius 3 is 2.83 bits per heavy atom. The molecule has 0 bridgehead atoms. The number of anilines is 1. The predicted octanol–water partition coefficient (Wildman–Crippen LogP) is 5.59. The van der Waals surface area contributed by atoms with Gasteiger partial charge in [0.2, 0.25) is 0 Å². The standard InChI is InChI=1S/C19H20N2OS2/c1-4-5-6-12-9-14(11-20)24-17(12)13-7-8-16-15(10-13)19(2,3)22-18(23)21-16/h7-10H,4-6H2,1-3H3,(H,21,23). The maximum Gasteiger partial charge on any atom is 0.262 e. The molecule has 0 radical (unpaired) electrons. The third-order valence-corrected chi connectivity index (χ3v) is 5.55. The first-order valence-corrected chi connectivity index (χ1v) is 9.35. The highest BCUT2D eigenvalue weighted by atomic mass is 32.1. The van der Waals surface area contributed by atoms with E-state index in [4.69, 9.17) is 17.0 Å². The van der Waals surface area contributed by atoms with Gasteiger partial charge < -0.3 is 10.1 Å². The zero-order chi connectivity index (χ0) is 17.3. The lowest BCUT2D eigenvalue weighted by Gasteiger charge is -2.34. The molecule has 124 valence electrons. The van der Waals surface area contributed by atoms with Crippen molar-refractivity contribution in [3.63, 3.8) is 0 Å². The fourth-order valence-electron chi connectivity index (χ4n) is 3.00. The molecule has 3 nitrogen and oxygen atoms in total. The lowest BCUT2D eigenvalue weighted by molar-refractivity contribution is 0.0947. The number of unbranched alkanes of at least 4 members (excludes halogenated alkanes) is 1. The fraction of sp³-hybridized carbons (Fsp3) is 0.368. The first-order valence-electron chi connectivity index (χ1n) is 8.12. The zero-order valence-corrected chi connectivity index (χ0v) is 15.7. The van der Waals surface area contributed by atoms with Crippen LogP contribution in [0.4, 0.5) is 5.69 Å². The molecule has 1 N–H and O–H groups in total. The van der Waals surface area contributed by atoms with Crippen molar-refractivity contribution in [2.45, 2.75) is 45.6 Å². The first kappa shape index (κ1) is 16.9. The largest absolute Gasteiger partial charge is 0.460 e. The van der Waals surface area contributed by atoms with Gasteiger partial charge in [0, 0.05) is 16.1 Å². The molecular formula is C19H20N2OS2. The second kappa shape index (κ2) is 6.54. The number of rotatable bonds is 4. The quantitative estimate of drug-likeness (QED) is 0.725. The van der Waals surface area contributed by atoms with Crippen LogP contribution >= 0.6 is 23.6 Å². The maximum absolute atomic E-state index is 9.27. The Labute approximate surface area is 152 Å². The molecule has 1 aromatic heterocycles. The summed E-state index contributed by atoms with van der Waals surface area (Å²) in [6.07, 6.45) is 3.27. The van der Waals surface area contributed by atoms with Crippen molar-refractivity contribution < 1.29 is 4.74 Å². The lowest BCUT2D eigenvalue weighted by atomic mass is 9.92. The lowest BCUT2D eigenvalue weighted by Crippen LogP contribution is -2.34. The summed E-state index contributed by atoms with van der Waals surface area (Å²) in [4.78, 5) is 1.95. The van der Waals surface area contributed by atoms with Crippen LogP contribution in [0.25, 0.3) is 10.4 Å². The van der Waals surface area contributed by atoms with Crippen LogP contribution in [-0.2, 0) is 16.8 Å². The number of thiocarbonyl (C=S) groups is 1. The zero-order valence-electron chi connectivity index (χ0n) is 14.1. The Hall–Kier alpha value is -1.90. The molecule has 0 atom stereocenters. The average molecular weight is 357 g/mol. The van der Waals surface area contributed by atoms with Gasteiger partial charge in [0.25, 0.3) is 5.17 Å². The summed E-state index contributed by atoms with van der Waals surface area (Å²) in [6.45, 7) is 6.23. The topological polar surface area (TPSA) is 45.0 Å². The van der Waals surface area contributed by atoms with Crippen molar-refractivity contribution >= 4 is 34.4 Å². The number of benzene rings is 1. The number of hydrogen-bond donors (Lipinski definition) is 1. The molecule has 2 aromatic rings. The Morgan fingerprint density at radius 2 is 2.12 bits per heavy atom. The minimum atomic E-state index is -0.466. The predicted molar refractivity (Wildman–Crippen MR) is 103 cm³/mol. The Balaban J connectivity index is 2.07. The van der Waals surface area contributed by atoms with E-state index in [2.05, 4.69) is 36.5 Å². The molecule has 1 aromatic carbocycles. The van der Waals surface area contributed by atoms with Gasteiger partial charge >= 0.3 is 0 Å². The minimum absolute atomic E-state index is 0.409. The van der Waals surface area contributed by atoms with Crippen LogP contribution in [0.2, 0.25) is 0 Å². The summed E-state index contributed by atoms with van der Waals surface area (Å²) >= 11 is 6.74. The van der Waals surface area contributed by atoms with E-state index in [-0.39, 0.29) is 0 Å². The van der Waals surface area contributed by atoms with Crippen LogP contribution in [0, 0.1) is 11.3 Å². The van der Waals surface area contributed by atoms with Crippen LogP contribution in [0.15, 0.2) is 24.3 Å². The highest BCUT2D eigenvalue weighted by molar-refractivity contribution is 7.80. The molecule has 0 spiro atoms. The molecule has 2 heterocycles. The van der Waals surface area contributed by atoms with E-state index in [1.54, 1.807) is 11.3 Å². The average Bonchev–Trinajstić information content (AvgIpc) is 2.95. The van der Waals surface area contributed by atoms with Gasteiger partial charge in [-0.3, -0.25) is 0 Å². The number of nitrogens with one attached hydrogen (secondary N) is 1. The minimum Gasteiger partial charge on any atom is -0.460 e. The third kappa shape index (κ3) is 3.17. The van der Waals surface area contributed by atoms with Gasteiger partial charge in [-0.1, -0.05) is 19.4 Å². The van der Waals surface area contributed by atoms with Crippen LogP contribution in [0.1, 0.15) is 49.6 Å². The number of nitriles is 1. The van der Waals surface area contributed by atoms with Crippen molar-refractivity contribution in [1.29, 1.82) is 5.26 Å². The molecule has 0 saturated carbocycles. The molecule has 3 rings (SSSR count). The van der Waals surface area contributed by atoms with Crippen molar-refractivity contribution in [2.24, 2.45) is 0 Å². The second-order valence-electron chi connectivity index (χ2n) is 6.47. The molecule has 0 amide bonds. The number of thiophene rings is 1. The number of hydrogen-bond acceptors (Lipinski definition) is 4. The van der Waals surface area contributed by atoms with Crippen LogP contribution in [0.5, 0.6) is 0 Å². The van der Waals surface area contributed by atoms with Crippen molar-refractivity contribution in [3.05, 3.63) is 40.3 Å². The fourth-order valence-corrected chi connectivity index (χ4v) is 4.32. The van der Waals surface area contributed by atoms with Gasteiger partial charge in [-0.2, -0.15) is 5.26 Å². The number of nitrogens with zero attached hydrogens (tertiary/aromatic N) is 1. The number of aryl methyl sites for hydroxylation is 1. The monoisotopic (exact) mass is 356 g/mol. The molecule has 0 fully saturated rings. The number of fused-ring (bicyclic) bond motifs is 1. The highest BCUT2D eigenvalue weighted by Gasteiger charge is 2.32. The van der Waals surface area contributed by atoms with E-state index in [9.17, 15) is 5.26 Å². The van der Waals surface area contributed by atoms with Gasteiger partial charge in [-0.05, 0) is 68.2 Å². The Kier molecular flexibility index (Phi) is 4.62. The van der Waals surface area contributed by atoms with Gasteiger partial charge in [-0.15, -0.1) is 11.3 Å². The third-order valence-electron chi connectivity index (χ3n) is 4.23. The van der Waals surface area contributed by atoms with Crippen LogP contribution in [0.3, 0.4) is 0 Å². The molecule has 0 saturated heterocycles. The smallest absolute Gasteiger partial charge is 0.262 e. The summed E-state index contributed by atoms with van der Waals surface area (Å²) in [7, 11) is 0. The molecule has 0 aliphatic carbocycles. The van der Waals surface area contributed by atoms with E-state index in [0.717, 1.165) is 41.0 Å². The SMILES string of the molecule is CCCCc1cc(C#N)sc1-c1ccc2c(c1)C(C)(C)OC(=S)N2. The molecule has 1 aliphatic rings. The van der Waals surface area contributed by atoms with E-state index in [1.807, 2.05) is 19.9 Å². The Morgan fingerprint density at radius 1 is 1.33 bits per heavy atom. The van der Waals surface area contributed by atoms with Gasteiger partial charge in [0.15, 0.2) is 0 Å². The molecule has 0 unspecified atom stereocenters. The molecule has 5 heteroatoms. The van der Waals surface area contributed by atoms with Gasteiger partial charge in [0.05, 0.1) is 0 Å². The molecule has 1 aliphatic heterocycles. The Bertz CT molecular complexity index is 830. The van der Waals surface area contributed by atoms with E-state index in [1.165, 1.54) is 10.4 Å². The summed E-state index contributed by atoms with van der Waals surface area (Å²) in [6, 6.07) is 10.6. The molecule has 24 heavy (non-hydrogen) atoms. The van der Waals surface area contributed by atoms with Gasteiger partial charge in [0.1, 0.15) is 16.5 Å². The molecular weight excluding hydrogens is 336 g/mol. The number of ether oxygens (including phenoxy) is 1. The summed E-state index contributed by atoms with van der Waals surface area (Å²) in [5, 5.41) is 12.8. The normalized spacial score (nSPS) is 15.2. The van der Waals surface area contributed by atoms with Crippen LogP contribution < -0.4 is 5.32 Å². The summed E-state index contributed by atoms with van der Waals surface area (Å²) < 4.78 is 5.78. The van der Waals surface area contributed by atoms with E-state index < -0.39 is 5.60 Å². The summed E-state index contributed by atoms with van der Waals surface area (Å²) in [5.74, 6) is 0. The van der Waals surface area contributed by atoms with Gasteiger partial charge in [-0.25, -0.2) is 0 Å². The van der Waals surface area contributed by atoms with Crippen LogP contribution in [-0.4, -0.2) is 5.17 Å². The van der Waals surface area contributed by atoms with Crippen molar-refractivity contribution in [1.82, 2.24) is 0 Å². The maximum atomic E-state index is 9.27. The van der Waals surface area contributed by atoms with E-state index in [0.29, 0.717) is 5.17 Å². The van der Waals surface area contributed by atoms with E-state index >= 15 is 0 Å². The summed E-state index contributed by atoms with van der Waals surface area (Å²) in [5.41, 5.74) is 4.01.